The SMILES string of the molecule is CCNC(=NCc1ccc(F)cc1CSC)NCc1noc(C(C)(C)C)n1. The third-order valence-corrected chi connectivity index (χ3v) is 4.34. The van der Waals surface area contributed by atoms with Crippen LogP contribution in [0.5, 0.6) is 0 Å². The number of aliphatic imine (C=N–C) groups is 1. The molecule has 1 heterocycles. The highest BCUT2D eigenvalue weighted by Gasteiger charge is 2.21. The lowest BCUT2D eigenvalue weighted by molar-refractivity contribution is 0.318. The molecule has 0 aliphatic carbocycles. The van der Waals surface area contributed by atoms with E-state index < -0.39 is 0 Å². The first kappa shape index (κ1) is 21.2. The van der Waals surface area contributed by atoms with Gasteiger partial charge in [-0.25, -0.2) is 9.38 Å². The highest BCUT2D eigenvalue weighted by molar-refractivity contribution is 7.97. The second-order valence-corrected chi connectivity index (χ2v) is 8.03. The molecule has 0 atom stereocenters. The Hall–Kier alpha value is -2.09. The number of nitrogens with one attached hydrogen (secondary N) is 2. The van der Waals surface area contributed by atoms with Crippen LogP contribution in [0.1, 0.15) is 50.5 Å². The van der Waals surface area contributed by atoms with Crippen LogP contribution < -0.4 is 10.6 Å². The maximum atomic E-state index is 13.5. The van der Waals surface area contributed by atoms with E-state index in [0.717, 1.165) is 23.4 Å². The van der Waals surface area contributed by atoms with Crippen LogP contribution in [0.3, 0.4) is 0 Å². The summed E-state index contributed by atoms with van der Waals surface area (Å²) in [5.74, 6) is 2.37. The van der Waals surface area contributed by atoms with E-state index in [1.807, 2.05) is 34.0 Å². The number of hydrogen-bond acceptors (Lipinski definition) is 5. The van der Waals surface area contributed by atoms with Crippen molar-refractivity contribution >= 4 is 17.7 Å². The van der Waals surface area contributed by atoms with Crippen LogP contribution in [-0.4, -0.2) is 28.9 Å². The molecule has 0 saturated carbocycles. The molecule has 0 radical (unpaired) electrons. The van der Waals surface area contributed by atoms with Gasteiger partial charge in [-0.2, -0.15) is 16.7 Å². The monoisotopic (exact) mass is 393 g/mol. The van der Waals surface area contributed by atoms with Crippen LogP contribution in [0.15, 0.2) is 27.7 Å². The van der Waals surface area contributed by atoms with Crippen LogP contribution in [0.25, 0.3) is 0 Å². The minimum atomic E-state index is -0.219. The summed E-state index contributed by atoms with van der Waals surface area (Å²) in [4.78, 5) is 9.02. The second-order valence-electron chi connectivity index (χ2n) is 7.16. The van der Waals surface area contributed by atoms with Gasteiger partial charge in [0.05, 0.1) is 13.1 Å². The van der Waals surface area contributed by atoms with E-state index in [-0.39, 0.29) is 11.2 Å². The topological polar surface area (TPSA) is 75.3 Å². The van der Waals surface area contributed by atoms with E-state index >= 15 is 0 Å². The number of aromatic nitrogens is 2. The van der Waals surface area contributed by atoms with Gasteiger partial charge in [0.25, 0.3) is 0 Å². The summed E-state index contributed by atoms with van der Waals surface area (Å²) in [5, 5.41) is 10.4. The van der Waals surface area contributed by atoms with Gasteiger partial charge in [0.1, 0.15) is 5.82 Å². The van der Waals surface area contributed by atoms with Gasteiger partial charge in [-0.05, 0) is 36.4 Å². The van der Waals surface area contributed by atoms with Crippen LogP contribution in [0, 0.1) is 5.82 Å². The predicted molar refractivity (Wildman–Crippen MR) is 108 cm³/mol. The summed E-state index contributed by atoms with van der Waals surface area (Å²) in [6, 6.07) is 4.85. The first-order valence-electron chi connectivity index (χ1n) is 8.95. The van der Waals surface area contributed by atoms with E-state index in [1.165, 1.54) is 6.07 Å². The second kappa shape index (κ2) is 9.73. The molecule has 0 unspecified atom stereocenters. The summed E-state index contributed by atoms with van der Waals surface area (Å²) >= 11 is 1.66. The summed E-state index contributed by atoms with van der Waals surface area (Å²) in [7, 11) is 0. The predicted octanol–water partition coefficient (Wildman–Crippen LogP) is 3.62. The van der Waals surface area contributed by atoms with Crippen molar-refractivity contribution in [2.45, 2.75) is 52.0 Å². The van der Waals surface area contributed by atoms with Gasteiger partial charge >= 0.3 is 0 Å². The average Bonchev–Trinajstić information content (AvgIpc) is 3.08. The Labute approximate surface area is 164 Å². The largest absolute Gasteiger partial charge is 0.357 e. The highest BCUT2D eigenvalue weighted by Crippen LogP contribution is 2.19. The van der Waals surface area contributed by atoms with Crippen LogP contribution in [0.4, 0.5) is 4.39 Å². The first-order chi connectivity index (χ1) is 12.8. The van der Waals surface area contributed by atoms with E-state index in [0.29, 0.717) is 30.8 Å². The molecule has 1 aromatic heterocycles. The molecule has 148 valence electrons. The molecule has 0 spiro atoms. The summed E-state index contributed by atoms with van der Waals surface area (Å²) in [6.45, 7) is 9.68. The average molecular weight is 394 g/mol. The maximum absolute atomic E-state index is 13.5. The van der Waals surface area contributed by atoms with E-state index in [1.54, 1.807) is 23.9 Å². The first-order valence-corrected chi connectivity index (χ1v) is 10.3. The fraction of sp³-hybridized carbons (Fsp3) is 0.526. The third-order valence-electron chi connectivity index (χ3n) is 3.74. The number of benzene rings is 1. The number of halogens is 1. The van der Waals surface area contributed by atoms with Crippen molar-refractivity contribution in [1.29, 1.82) is 0 Å². The lowest BCUT2D eigenvalue weighted by Gasteiger charge is -2.12. The number of guanidine groups is 1. The molecule has 27 heavy (non-hydrogen) atoms. The molecule has 0 aliphatic rings. The lowest BCUT2D eigenvalue weighted by atomic mass is 9.97. The molecule has 0 fully saturated rings. The Balaban J connectivity index is 2.05. The van der Waals surface area contributed by atoms with Gasteiger partial charge in [0.15, 0.2) is 11.8 Å². The van der Waals surface area contributed by atoms with E-state index in [9.17, 15) is 4.39 Å². The van der Waals surface area contributed by atoms with Crippen molar-refractivity contribution in [2.24, 2.45) is 4.99 Å². The minimum Gasteiger partial charge on any atom is -0.357 e. The molecule has 2 rings (SSSR count). The molecule has 2 N–H and O–H groups in total. The van der Waals surface area contributed by atoms with Gasteiger partial charge in [-0.3, -0.25) is 0 Å². The van der Waals surface area contributed by atoms with Crippen LogP contribution in [-0.2, 0) is 24.3 Å². The molecular formula is C19H28FN5OS. The van der Waals surface area contributed by atoms with Crippen molar-refractivity contribution < 1.29 is 8.91 Å². The Morgan fingerprint density at radius 3 is 2.67 bits per heavy atom. The number of nitrogens with zero attached hydrogens (tertiary/aromatic N) is 3. The molecule has 0 aliphatic heterocycles. The quantitative estimate of drug-likeness (QED) is 0.553. The molecule has 8 heteroatoms. The molecule has 0 amide bonds. The molecule has 0 bridgehead atoms. The third kappa shape index (κ3) is 6.53. The van der Waals surface area contributed by atoms with Gasteiger partial charge in [-0.15, -0.1) is 0 Å². The summed E-state index contributed by atoms with van der Waals surface area (Å²) in [6.07, 6.45) is 2.00. The minimum absolute atomic E-state index is 0.180. The van der Waals surface area contributed by atoms with Gasteiger partial charge in [0.2, 0.25) is 5.89 Å². The standard InChI is InChI=1S/C19H28FN5OS/c1-6-21-18(23-11-16-24-17(26-25-16)19(2,3)4)22-10-13-7-8-15(20)9-14(13)12-27-5/h7-9H,6,10-12H2,1-5H3,(H2,21,22,23). The van der Waals surface area contributed by atoms with Crippen molar-refractivity contribution in [3.8, 4) is 0 Å². The molecular weight excluding hydrogens is 365 g/mol. The number of hydrogen-bond donors (Lipinski definition) is 2. The van der Waals surface area contributed by atoms with Crippen molar-refractivity contribution in [3.63, 3.8) is 0 Å². The molecule has 1 aromatic carbocycles. The van der Waals surface area contributed by atoms with E-state index in [4.69, 9.17) is 4.52 Å². The molecule has 2 aromatic rings. The number of rotatable bonds is 7. The summed E-state index contributed by atoms with van der Waals surface area (Å²) < 4.78 is 18.8. The zero-order valence-electron chi connectivity index (χ0n) is 16.6. The van der Waals surface area contributed by atoms with Gasteiger partial charge in [0, 0.05) is 17.7 Å². The Morgan fingerprint density at radius 1 is 1.26 bits per heavy atom. The molecule has 6 nitrogen and oxygen atoms in total. The lowest BCUT2D eigenvalue weighted by Crippen LogP contribution is -2.37. The Kier molecular flexibility index (Phi) is 7.65. The zero-order chi connectivity index (χ0) is 19.9. The normalized spacial score (nSPS) is 12.3. The molecule has 0 saturated heterocycles. The van der Waals surface area contributed by atoms with Crippen LogP contribution >= 0.6 is 11.8 Å². The Morgan fingerprint density at radius 2 is 2.04 bits per heavy atom. The Bertz CT molecular complexity index is 770. The van der Waals surface area contributed by atoms with Crippen molar-refractivity contribution in [2.75, 3.05) is 12.8 Å². The number of thioether (sulfide) groups is 1. The van der Waals surface area contributed by atoms with E-state index in [2.05, 4.69) is 25.8 Å². The summed E-state index contributed by atoms with van der Waals surface area (Å²) in [5.41, 5.74) is 1.80. The highest BCUT2D eigenvalue weighted by atomic mass is 32.2. The fourth-order valence-corrected chi connectivity index (χ4v) is 2.92. The smallest absolute Gasteiger partial charge is 0.232 e. The van der Waals surface area contributed by atoms with Crippen LogP contribution in [0.2, 0.25) is 0 Å². The van der Waals surface area contributed by atoms with Crippen molar-refractivity contribution in [3.05, 3.63) is 46.9 Å². The van der Waals surface area contributed by atoms with Gasteiger partial charge < -0.3 is 15.2 Å². The fourth-order valence-electron chi connectivity index (χ4n) is 2.34. The van der Waals surface area contributed by atoms with Crippen molar-refractivity contribution in [1.82, 2.24) is 20.8 Å². The van der Waals surface area contributed by atoms with Gasteiger partial charge in [-0.1, -0.05) is 32.0 Å². The zero-order valence-corrected chi connectivity index (χ0v) is 17.4. The maximum Gasteiger partial charge on any atom is 0.232 e.